The molecule has 0 unspecified atom stereocenters. The minimum Gasteiger partial charge on any atom is -0.511 e. The van der Waals surface area contributed by atoms with Crippen LogP contribution >= 0.6 is 0 Å². The Morgan fingerprint density at radius 2 is 1.86 bits per heavy atom. The number of aromatic nitrogens is 2. The molecule has 2 aliphatic rings. The van der Waals surface area contributed by atoms with E-state index in [2.05, 4.69) is 57.6 Å². The molecular formula is C29H34N3O3Pt-. The van der Waals surface area contributed by atoms with E-state index in [-0.39, 0.29) is 49.2 Å². The summed E-state index contributed by atoms with van der Waals surface area (Å²) in [6.07, 6.45) is 4.84. The number of phenolic OH excluding ortho intramolecular Hbond substituents is 1. The van der Waals surface area contributed by atoms with Gasteiger partial charge in [0.25, 0.3) is 0 Å². The second-order valence-electron chi connectivity index (χ2n) is 11.8. The minimum absolute atomic E-state index is 0. The molecule has 3 aromatic rings. The Labute approximate surface area is 227 Å². The fourth-order valence-electron chi connectivity index (χ4n) is 6.01. The van der Waals surface area contributed by atoms with E-state index in [0.29, 0.717) is 17.2 Å². The van der Waals surface area contributed by atoms with E-state index < -0.39 is 5.60 Å². The maximum absolute atomic E-state index is 10.3. The standard InChI is InChI=1S/C29H34N3O3.Pt/c1-18-14-20-17-30-25(31-23(20)22(33)15-18)34-21-11-8-10-19(16-21)24-32-28(7)27(5,6)12-9-13-29(28,35-24)26(2,3)4;/h8,10-11,14-15,17,33H,9,12-13H2,1-7H3;/q-1;/t28-,29+;/m0./s1. The molecule has 36 heavy (non-hydrogen) atoms. The number of nitrogens with zero attached hydrogens (tertiary/aromatic N) is 3. The predicted octanol–water partition coefficient (Wildman–Crippen LogP) is 6.76. The Morgan fingerprint density at radius 1 is 1.11 bits per heavy atom. The van der Waals surface area contributed by atoms with Gasteiger partial charge in [0.05, 0.1) is 5.54 Å². The molecule has 1 aliphatic carbocycles. The van der Waals surface area contributed by atoms with E-state index >= 15 is 0 Å². The number of phenols is 1. The number of fused-ring (bicyclic) bond motifs is 2. The maximum Gasteiger partial charge on any atom is 0.321 e. The van der Waals surface area contributed by atoms with Crippen molar-refractivity contribution in [3.63, 3.8) is 0 Å². The van der Waals surface area contributed by atoms with Crippen molar-refractivity contribution >= 4 is 16.8 Å². The molecule has 2 aromatic carbocycles. The van der Waals surface area contributed by atoms with Crippen LogP contribution in [0.4, 0.5) is 0 Å². The van der Waals surface area contributed by atoms with Gasteiger partial charge in [-0.25, -0.2) is 4.98 Å². The molecule has 0 spiro atoms. The summed E-state index contributed by atoms with van der Waals surface area (Å²) in [6.45, 7) is 15.5. The van der Waals surface area contributed by atoms with Gasteiger partial charge in [0, 0.05) is 43.8 Å². The molecule has 2 atom stereocenters. The molecule has 7 heteroatoms. The van der Waals surface area contributed by atoms with Crippen molar-refractivity contribution in [3.05, 3.63) is 53.7 Å². The van der Waals surface area contributed by atoms with Crippen molar-refractivity contribution in [2.24, 2.45) is 15.8 Å². The first-order valence-corrected chi connectivity index (χ1v) is 12.3. The van der Waals surface area contributed by atoms with Gasteiger partial charge in [-0.1, -0.05) is 46.2 Å². The third kappa shape index (κ3) is 4.02. The van der Waals surface area contributed by atoms with E-state index in [9.17, 15) is 5.11 Å². The van der Waals surface area contributed by atoms with Gasteiger partial charge in [0.2, 0.25) is 0 Å². The number of benzene rings is 2. The number of hydrogen-bond acceptors (Lipinski definition) is 6. The number of aliphatic imine (C=N–C) groups is 1. The molecule has 1 N–H and O–H groups in total. The predicted molar refractivity (Wildman–Crippen MR) is 137 cm³/mol. The summed E-state index contributed by atoms with van der Waals surface area (Å²) in [6, 6.07) is 12.7. The second kappa shape index (κ2) is 8.83. The summed E-state index contributed by atoms with van der Waals surface area (Å²) in [4.78, 5) is 14.0. The molecule has 2 heterocycles. The Balaban J connectivity index is 0.00000304. The van der Waals surface area contributed by atoms with Crippen LogP contribution in [0.3, 0.4) is 0 Å². The van der Waals surface area contributed by atoms with Crippen molar-refractivity contribution in [2.75, 3.05) is 0 Å². The molecule has 0 bridgehead atoms. The first kappa shape index (κ1) is 26.6. The van der Waals surface area contributed by atoms with Crippen LogP contribution in [-0.4, -0.2) is 32.1 Å². The van der Waals surface area contributed by atoms with Crippen molar-refractivity contribution in [2.45, 2.75) is 78.9 Å². The number of hydrogen-bond donors (Lipinski definition) is 1. The summed E-state index contributed by atoms with van der Waals surface area (Å²) < 4.78 is 12.8. The Morgan fingerprint density at radius 3 is 2.56 bits per heavy atom. The molecule has 1 fully saturated rings. The van der Waals surface area contributed by atoms with Crippen LogP contribution in [0.25, 0.3) is 10.9 Å². The summed E-state index contributed by atoms with van der Waals surface area (Å²) in [7, 11) is 0. The Kier molecular flexibility index (Phi) is 6.52. The zero-order chi connectivity index (χ0) is 25.2. The molecule has 5 rings (SSSR count). The summed E-state index contributed by atoms with van der Waals surface area (Å²) in [5.74, 6) is 1.17. The zero-order valence-corrected chi connectivity index (χ0v) is 24.3. The SMILES string of the molecule is Cc1cc(O)c2nc(Oc3[c-]c(C4=N[C@@]5(C)C(C)(C)CCC[C@]5(C(C)(C)C)O4)ccc3)ncc2c1.[Pt]. The third-order valence-corrected chi connectivity index (χ3v) is 8.23. The van der Waals surface area contributed by atoms with Crippen LogP contribution in [0, 0.1) is 23.8 Å². The van der Waals surface area contributed by atoms with Gasteiger partial charge in [0.1, 0.15) is 22.8 Å². The van der Waals surface area contributed by atoms with Crippen LogP contribution in [0.5, 0.6) is 17.5 Å². The summed E-state index contributed by atoms with van der Waals surface area (Å²) in [5.41, 5.74) is 1.26. The molecule has 0 saturated heterocycles. The topological polar surface area (TPSA) is 76.8 Å². The van der Waals surface area contributed by atoms with Crippen LogP contribution in [-0.2, 0) is 25.8 Å². The van der Waals surface area contributed by atoms with Gasteiger partial charge < -0.3 is 14.6 Å². The van der Waals surface area contributed by atoms with Crippen molar-refractivity contribution in [1.29, 1.82) is 0 Å². The molecular weight excluding hydrogens is 633 g/mol. The van der Waals surface area contributed by atoms with Gasteiger partial charge in [-0.05, 0) is 56.2 Å². The molecule has 6 nitrogen and oxygen atoms in total. The fourth-order valence-corrected chi connectivity index (χ4v) is 6.01. The number of aromatic hydroxyl groups is 1. The summed E-state index contributed by atoms with van der Waals surface area (Å²) in [5, 5.41) is 11.1. The fraction of sp³-hybridized carbons (Fsp3) is 0.483. The molecule has 0 radical (unpaired) electrons. The number of rotatable bonds is 3. The van der Waals surface area contributed by atoms with Gasteiger partial charge in [0.15, 0.2) is 0 Å². The quantitative estimate of drug-likeness (QED) is 0.313. The molecule has 1 aromatic heterocycles. The summed E-state index contributed by atoms with van der Waals surface area (Å²) >= 11 is 0. The van der Waals surface area contributed by atoms with E-state index in [4.69, 9.17) is 14.5 Å². The minimum atomic E-state index is -0.404. The first-order chi connectivity index (χ1) is 16.4. The number of ether oxygens (including phenoxy) is 2. The monoisotopic (exact) mass is 667 g/mol. The second-order valence-corrected chi connectivity index (χ2v) is 11.8. The Bertz CT molecular complexity index is 1350. The zero-order valence-electron chi connectivity index (χ0n) is 22.0. The van der Waals surface area contributed by atoms with E-state index in [1.165, 1.54) is 0 Å². The number of aryl methyl sites for hydroxylation is 1. The average molecular weight is 668 g/mol. The molecule has 194 valence electrons. The third-order valence-electron chi connectivity index (χ3n) is 8.23. The van der Waals surface area contributed by atoms with Crippen molar-refractivity contribution < 1.29 is 35.6 Å². The van der Waals surface area contributed by atoms with Crippen LogP contribution in [0.15, 0.2) is 41.5 Å². The Hall–Kier alpha value is -2.46. The van der Waals surface area contributed by atoms with Crippen LogP contribution < -0.4 is 4.74 Å². The van der Waals surface area contributed by atoms with Crippen molar-refractivity contribution in [1.82, 2.24) is 9.97 Å². The van der Waals surface area contributed by atoms with Gasteiger partial charge in [-0.15, -0.1) is 18.2 Å². The van der Waals surface area contributed by atoms with Gasteiger partial charge in [-0.2, -0.15) is 4.98 Å². The molecule has 0 amide bonds. The normalized spacial score (nSPS) is 24.9. The first-order valence-electron chi connectivity index (χ1n) is 12.3. The van der Waals surface area contributed by atoms with Crippen LogP contribution in [0.2, 0.25) is 0 Å². The smallest absolute Gasteiger partial charge is 0.321 e. The maximum atomic E-state index is 10.3. The van der Waals surface area contributed by atoms with Gasteiger partial charge in [-0.3, -0.25) is 4.99 Å². The van der Waals surface area contributed by atoms with E-state index in [1.54, 1.807) is 18.3 Å². The van der Waals surface area contributed by atoms with E-state index in [1.807, 2.05) is 25.1 Å². The van der Waals surface area contributed by atoms with Crippen molar-refractivity contribution in [3.8, 4) is 17.5 Å². The molecule has 1 aliphatic heterocycles. The largest absolute Gasteiger partial charge is 0.511 e. The molecule has 1 saturated carbocycles. The average Bonchev–Trinajstić information content (AvgIpc) is 3.10. The van der Waals surface area contributed by atoms with E-state index in [0.717, 1.165) is 35.8 Å². The van der Waals surface area contributed by atoms with Gasteiger partial charge >= 0.3 is 6.01 Å². The van der Waals surface area contributed by atoms with Crippen LogP contribution in [0.1, 0.15) is 71.9 Å².